The fourth-order valence-electron chi connectivity index (χ4n) is 2.44. The third-order valence-corrected chi connectivity index (χ3v) is 3.75. The van der Waals surface area contributed by atoms with Gasteiger partial charge in [-0.25, -0.2) is 9.18 Å². The molecule has 0 bridgehead atoms. The number of ether oxygens (including phenoxy) is 1. The van der Waals surface area contributed by atoms with Crippen LogP contribution in [0.1, 0.15) is 24.2 Å². The van der Waals surface area contributed by atoms with Crippen molar-refractivity contribution in [3.8, 4) is 5.75 Å². The summed E-state index contributed by atoms with van der Waals surface area (Å²) in [4.78, 5) is 23.8. The maximum atomic E-state index is 14.5. The lowest BCUT2D eigenvalue weighted by molar-refractivity contribution is 0.0695. The summed E-state index contributed by atoms with van der Waals surface area (Å²) < 4.78 is 35.1. The lowest BCUT2D eigenvalue weighted by Gasteiger charge is -2.16. The Morgan fingerprint density at radius 3 is 2.67 bits per heavy atom. The van der Waals surface area contributed by atoms with Crippen LogP contribution in [-0.4, -0.2) is 15.6 Å². The van der Waals surface area contributed by atoms with E-state index in [2.05, 4.69) is 6.58 Å². The summed E-state index contributed by atoms with van der Waals surface area (Å²) >= 11 is 5.82. The smallest absolute Gasteiger partial charge is 0.341 e. The van der Waals surface area contributed by atoms with Crippen LogP contribution in [0.3, 0.4) is 0 Å². The molecule has 1 N–H and O–H groups in total. The molecule has 0 atom stereocenters. The van der Waals surface area contributed by atoms with Crippen LogP contribution in [0.4, 0.5) is 8.78 Å². The molecule has 0 aliphatic carbocycles. The van der Waals surface area contributed by atoms with Crippen LogP contribution in [0.5, 0.6) is 5.75 Å². The monoisotopic (exact) mass is 395 g/mol. The average Bonchev–Trinajstić information content (AvgIpc) is 2.58. The van der Waals surface area contributed by atoms with Gasteiger partial charge in [0.25, 0.3) is 0 Å². The minimum absolute atomic E-state index is 0.00389. The van der Waals surface area contributed by atoms with Gasteiger partial charge in [-0.3, -0.25) is 4.79 Å². The molecule has 0 aliphatic heterocycles. The number of carboxylic acid groups (broad SMARTS) is 1. The van der Waals surface area contributed by atoms with Gasteiger partial charge in [0.2, 0.25) is 11.2 Å². The molecule has 0 unspecified atom stereocenters. The zero-order chi connectivity index (χ0) is 20.3. The van der Waals surface area contributed by atoms with Crippen molar-refractivity contribution in [2.24, 2.45) is 0 Å². The first-order valence-electron chi connectivity index (χ1n) is 7.77. The molecule has 5 nitrogen and oxygen atoms in total. The molecule has 2 aromatic rings. The molecule has 1 aromatic carbocycles. The van der Waals surface area contributed by atoms with Crippen molar-refractivity contribution < 1.29 is 23.4 Å². The van der Waals surface area contributed by atoms with E-state index < -0.39 is 34.3 Å². The van der Waals surface area contributed by atoms with Crippen LogP contribution in [0.2, 0.25) is 0 Å². The van der Waals surface area contributed by atoms with E-state index in [0.717, 1.165) is 6.20 Å². The highest BCUT2D eigenvalue weighted by molar-refractivity contribution is 6.29. The van der Waals surface area contributed by atoms with Crippen molar-refractivity contribution in [2.45, 2.75) is 20.4 Å². The van der Waals surface area contributed by atoms with Gasteiger partial charge >= 0.3 is 5.97 Å². The molecule has 0 fully saturated rings. The van der Waals surface area contributed by atoms with Gasteiger partial charge in [0.05, 0.1) is 10.9 Å². The first-order valence-corrected chi connectivity index (χ1v) is 8.15. The summed E-state index contributed by atoms with van der Waals surface area (Å²) in [6, 6.07) is 0.651. The quantitative estimate of drug-likeness (QED) is 0.573. The number of halogens is 3. The molecule has 0 amide bonds. The van der Waals surface area contributed by atoms with E-state index in [4.69, 9.17) is 16.3 Å². The number of hydrogen-bond acceptors (Lipinski definition) is 3. The van der Waals surface area contributed by atoms with Gasteiger partial charge in [-0.2, -0.15) is 4.39 Å². The summed E-state index contributed by atoms with van der Waals surface area (Å²) in [5.74, 6) is -4.72. The van der Waals surface area contributed by atoms with E-state index in [1.807, 2.05) is 0 Å². The number of aromatic carboxylic acids is 1. The van der Waals surface area contributed by atoms with Gasteiger partial charge in [-0.1, -0.05) is 30.3 Å². The molecule has 8 heteroatoms. The Labute approximate surface area is 158 Å². The van der Waals surface area contributed by atoms with Gasteiger partial charge in [-0.15, -0.1) is 0 Å². The zero-order valence-corrected chi connectivity index (χ0v) is 15.3. The Kier molecular flexibility index (Phi) is 6.17. The normalized spacial score (nSPS) is 12.0. The van der Waals surface area contributed by atoms with Gasteiger partial charge in [0, 0.05) is 17.8 Å². The van der Waals surface area contributed by atoms with Gasteiger partial charge < -0.3 is 14.4 Å². The number of carboxylic acids is 1. The highest BCUT2D eigenvalue weighted by Crippen LogP contribution is 2.31. The number of benzene rings is 1. The van der Waals surface area contributed by atoms with Gasteiger partial charge in [-0.05, 0) is 26.0 Å². The summed E-state index contributed by atoms with van der Waals surface area (Å²) in [7, 11) is 0. The molecule has 0 saturated carbocycles. The average molecular weight is 396 g/mol. The van der Waals surface area contributed by atoms with Crippen LogP contribution in [-0.2, 0) is 6.54 Å². The Hall–Kier alpha value is -2.93. The molecular formula is C19H16ClF2NO4. The maximum Gasteiger partial charge on any atom is 0.341 e. The fraction of sp³-hybridized carbons (Fsp3) is 0.158. The molecule has 0 spiro atoms. The lowest BCUT2D eigenvalue weighted by atomic mass is 10.1. The van der Waals surface area contributed by atoms with E-state index >= 15 is 0 Å². The van der Waals surface area contributed by atoms with E-state index in [1.165, 1.54) is 16.7 Å². The zero-order valence-electron chi connectivity index (χ0n) is 14.6. The first kappa shape index (κ1) is 20.4. The number of fused-ring (bicyclic) bond motifs is 1. The standard InChI is InChI=1S/C19H16ClF2NO4/c1-4-5-11(3)27-18-15(22)14(21)8-12-16(18)23(7-6-10(2)20)9-13(17(12)24)19(25)26/h4-6,8-9H,3,7H2,1-2H3,(H,25,26)/b5-4-,10-6+. The number of rotatable bonds is 6. The van der Waals surface area contributed by atoms with E-state index in [9.17, 15) is 23.5 Å². The Morgan fingerprint density at radius 2 is 2.11 bits per heavy atom. The number of carbonyl (C=O) groups is 1. The van der Waals surface area contributed by atoms with E-state index in [0.29, 0.717) is 11.1 Å². The van der Waals surface area contributed by atoms with Crippen LogP contribution in [0.25, 0.3) is 10.9 Å². The highest BCUT2D eigenvalue weighted by atomic mass is 35.5. The molecule has 27 heavy (non-hydrogen) atoms. The predicted octanol–water partition coefficient (Wildman–Crippen LogP) is 4.59. The molecule has 1 aromatic heterocycles. The van der Waals surface area contributed by atoms with Crippen molar-refractivity contribution in [1.29, 1.82) is 0 Å². The topological polar surface area (TPSA) is 68.5 Å². The van der Waals surface area contributed by atoms with Crippen molar-refractivity contribution in [1.82, 2.24) is 4.57 Å². The van der Waals surface area contributed by atoms with E-state index in [1.54, 1.807) is 19.9 Å². The van der Waals surface area contributed by atoms with Crippen molar-refractivity contribution >= 4 is 28.5 Å². The van der Waals surface area contributed by atoms with Crippen molar-refractivity contribution in [2.75, 3.05) is 0 Å². The number of aromatic nitrogens is 1. The second-order valence-electron chi connectivity index (χ2n) is 5.59. The second-order valence-corrected chi connectivity index (χ2v) is 6.18. The molecule has 2 rings (SSSR count). The Bertz CT molecular complexity index is 1050. The molecule has 0 radical (unpaired) electrons. The van der Waals surface area contributed by atoms with Crippen molar-refractivity contribution in [3.05, 3.63) is 75.3 Å². The minimum Gasteiger partial charge on any atom is -0.477 e. The lowest BCUT2D eigenvalue weighted by Crippen LogP contribution is -2.20. The molecule has 142 valence electrons. The SMILES string of the molecule is C=C(/C=C\C)Oc1c(F)c(F)cc2c(=O)c(C(=O)O)cn(C/C=C(\C)Cl)c12. The van der Waals surface area contributed by atoms with Gasteiger partial charge in [0.1, 0.15) is 11.3 Å². The molecule has 0 saturated heterocycles. The van der Waals surface area contributed by atoms with Crippen LogP contribution >= 0.6 is 11.6 Å². The predicted molar refractivity (Wildman–Crippen MR) is 99.3 cm³/mol. The maximum absolute atomic E-state index is 14.5. The third-order valence-electron chi connectivity index (χ3n) is 3.60. The van der Waals surface area contributed by atoms with Crippen LogP contribution in [0, 0.1) is 11.6 Å². The summed E-state index contributed by atoms with van der Waals surface area (Å²) in [5, 5.41) is 9.31. The van der Waals surface area contributed by atoms with E-state index in [-0.39, 0.29) is 23.2 Å². The molecular weight excluding hydrogens is 380 g/mol. The van der Waals surface area contributed by atoms with Crippen LogP contribution in [0.15, 0.2) is 52.7 Å². The number of allylic oxidation sites excluding steroid dienone is 4. The fourth-order valence-corrected chi connectivity index (χ4v) is 2.51. The molecule has 1 heterocycles. The third kappa shape index (κ3) is 4.25. The summed E-state index contributed by atoms with van der Waals surface area (Å²) in [6.45, 7) is 6.85. The number of nitrogens with zero attached hydrogens (tertiary/aromatic N) is 1. The highest BCUT2D eigenvalue weighted by Gasteiger charge is 2.23. The second kappa shape index (κ2) is 8.18. The summed E-state index contributed by atoms with van der Waals surface area (Å²) in [5.41, 5.74) is -1.66. The Balaban J connectivity index is 2.94. The summed E-state index contributed by atoms with van der Waals surface area (Å²) in [6.07, 6.45) is 5.55. The largest absolute Gasteiger partial charge is 0.477 e. The Morgan fingerprint density at radius 1 is 1.44 bits per heavy atom. The number of hydrogen-bond donors (Lipinski definition) is 1. The van der Waals surface area contributed by atoms with Crippen LogP contribution < -0.4 is 10.2 Å². The number of pyridine rings is 1. The first-order chi connectivity index (χ1) is 12.7. The molecule has 0 aliphatic rings. The van der Waals surface area contributed by atoms with Crippen molar-refractivity contribution in [3.63, 3.8) is 0 Å². The minimum atomic E-state index is -1.49. The van der Waals surface area contributed by atoms with Gasteiger partial charge in [0.15, 0.2) is 11.6 Å².